The van der Waals surface area contributed by atoms with Gasteiger partial charge in [0.15, 0.2) is 5.76 Å². The van der Waals surface area contributed by atoms with Gasteiger partial charge in [-0.3, -0.25) is 9.59 Å². The molecule has 2 amide bonds. The average molecular weight is 515 g/mol. The van der Waals surface area contributed by atoms with Crippen LogP contribution in [0.25, 0.3) is 0 Å². The third-order valence-electron chi connectivity index (χ3n) is 8.07. The molecule has 8 nitrogen and oxygen atoms in total. The fourth-order valence-corrected chi connectivity index (χ4v) is 5.81. The maximum Gasteiger partial charge on any atom is 0.291 e. The van der Waals surface area contributed by atoms with Gasteiger partial charge in [-0.05, 0) is 62.2 Å². The minimum Gasteiger partial charge on any atom is -0.456 e. The van der Waals surface area contributed by atoms with Crippen LogP contribution in [0.4, 0.5) is 17.1 Å². The van der Waals surface area contributed by atoms with Gasteiger partial charge in [-0.15, -0.1) is 0 Å². The number of hydrogen-bond donors (Lipinski definition) is 1. The Kier molecular flexibility index (Phi) is 6.35. The number of nitrogens with one attached hydrogen (secondary N) is 1. The Hall–Kier alpha value is -3.78. The lowest BCUT2D eigenvalue weighted by atomic mass is 9.85. The second kappa shape index (κ2) is 9.83. The van der Waals surface area contributed by atoms with Crippen molar-refractivity contribution in [2.45, 2.75) is 20.3 Å². The molecule has 0 saturated carbocycles. The van der Waals surface area contributed by atoms with Crippen molar-refractivity contribution in [2.75, 3.05) is 67.6 Å². The van der Waals surface area contributed by atoms with E-state index in [4.69, 9.17) is 9.15 Å². The van der Waals surface area contributed by atoms with Gasteiger partial charge in [-0.25, -0.2) is 0 Å². The molecule has 1 spiro atoms. The summed E-state index contributed by atoms with van der Waals surface area (Å²) in [6, 6.07) is 17.6. The molecule has 3 fully saturated rings. The van der Waals surface area contributed by atoms with Gasteiger partial charge in [-0.1, -0.05) is 18.2 Å². The van der Waals surface area contributed by atoms with Crippen LogP contribution in [0.1, 0.15) is 38.7 Å². The lowest BCUT2D eigenvalue weighted by molar-refractivity contribution is -0.103. The number of para-hydroxylation sites is 1. The SMILES string of the molecule is Cc1ccc(C(=O)Nc2cc(C(=O)N3CCC4(COC4)C3)ccc2N2CCN(c3ccccc3C)CC2)o1. The maximum atomic E-state index is 13.4. The first-order chi connectivity index (χ1) is 18.4. The Morgan fingerprint density at radius 3 is 2.24 bits per heavy atom. The highest BCUT2D eigenvalue weighted by Crippen LogP contribution is 2.38. The molecule has 8 heteroatoms. The van der Waals surface area contributed by atoms with Gasteiger partial charge < -0.3 is 29.2 Å². The second-order valence-corrected chi connectivity index (χ2v) is 10.8. The third-order valence-corrected chi connectivity index (χ3v) is 8.07. The predicted octanol–water partition coefficient (Wildman–Crippen LogP) is 4.34. The van der Waals surface area contributed by atoms with E-state index >= 15 is 0 Å². The molecule has 4 heterocycles. The number of likely N-dealkylation sites (tertiary alicyclic amines) is 1. The quantitative estimate of drug-likeness (QED) is 0.546. The lowest BCUT2D eigenvalue weighted by Gasteiger charge is -2.39. The molecule has 3 aliphatic rings. The van der Waals surface area contributed by atoms with Gasteiger partial charge in [-0.2, -0.15) is 0 Å². The minimum atomic E-state index is -0.325. The van der Waals surface area contributed by atoms with E-state index in [-0.39, 0.29) is 23.0 Å². The molecule has 3 saturated heterocycles. The summed E-state index contributed by atoms with van der Waals surface area (Å²) in [6.45, 7) is 10.2. The number of anilines is 3. The monoisotopic (exact) mass is 514 g/mol. The van der Waals surface area contributed by atoms with Crippen LogP contribution in [0.15, 0.2) is 59.0 Å². The number of benzene rings is 2. The number of amides is 2. The van der Waals surface area contributed by atoms with Crippen molar-refractivity contribution in [1.29, 1.82) is 0 Å². The molecule has 198 valence electrons. The number of piperazine rings is 1. The van der Waals surface area contributed by atoms with Crippen molar-refractivity contribution in [2.24, 2.45) is 5.41 Å². The second-order valence-electron chi connectivity index (χ2n) is 10.8. The Morgan fingerprint density at radius 1 is 0.868 bits per heavy atom. The highest BCUT2D eigenvalue weighted by Gasteiger charge is 2.45. The topological polar surface area (TPSA) is 78.3 Å². The van der Waals surface area contributed by atoms with E-state index in [0.29, 0.717) is 17.0 Å². The van der Waals surface area contributed by atoms with Crippen molar-refractivity contribution in [3.63, 3.8) is 0 Å². The Balaban J connectivity index is 1.24. The summed E-state index contributed by atoms with van der Waals surface area (Å²) in [5.74, 6) is 0.596. The number of nitrogens with zero attached hydrogens (tertiary/aromatic N) is 3. The number of aryl methyl sites for hydroxylation is 2. The number of hydrogen-bond acceptors (Lipinski definition) is 6. The molecule has 38 heavy (non-hydrogen) atoms. The Morgan fingerprint density at radius 2 is 1.61 bits per heavy atom. The van der Waals surface area contributed by atoms with Crippen molar-refractivity contribution >= 4 is 28.9 Å². The van der Waals surface area contributed by atoms with Gasteiger partial charge in [0.1, 0.15) is 5.76 Å². The molecule has 0 aliphatic carbocycles. The number of furan rings is 1. The van der Waals surface area contributed by atoms with Crippen LogP contribution in [0.2, 0.25) is 0 Å². The Labute approximate surface area is 223 Å². The number of carbonyl (C=O) groups is 2. The van der Waals surface area contributed by atoms with E-state index in [1.165, 1.54) is 11.3 Å². The highest BCUT2D eigenvalue weighted by atomic mass is 16.5. The van der Waals surface area contributed by atoms with Crippen LogP contribution in [-0.4, -0.2) is 69.2 Å². The van der Waals surface area contributed by atoms with E-state index in [1.54, 1.807) is 12.1 Å². The molecule has 1 aromatic heterocycles. The van der Waals surface area contributed by atoms with Gasteiger partial charge in [0, 0.05) is 55.9 Å². The Bertz CT molecular complexity index is 1350. The number of rotatable bonds is 5. The number of ether oxygens (including phenoxy) is 1. The summed E-state index contributed by atoms with van der Waals surface area (Å²) in [6.07, 6.45) is 0.976. The average Bonchev–Trinajstić information content (AvgIpc) is 3.56. The van der Waals surface area contributed by atoms with Crippen LogP contribution in [0.5, 0.6) is 0 Å². The molecule has 1 N–H and O–H groups in total. The van der Waals surface area contributed by atoms with E-state index in [0.717, 1.165) is 64.6 Å². The van der Waals surface area contributed by atoms with Crippen molar-refractivity contribution < 1.29 is 18.7 Å². The van der Waals surface area contributed by atoms with Crippen molar-refractivity contribution in [3.05, 3.63) is 77.2 Å². The van der Waals surface area contributed by atoms with Crippen molar-refractivity contribution in [1.82, 2.24) is 4.90 Å². The zero-order valence-electron chi connectivity index (χ0n) is 22.0. The summed E-state index contributed by atoms with van der Waals surface area (Å²) in [5, 5.41) is 3.04. The molecule has 0 bridgehead atoms. The molecule has 0 radical (unpaired) electrons. The highest BCUT2D eigenvalue weighted by molar-refractivity contribution is 6.05. The van der Waals surface area contributed by atoms with Gasteiger partial charge in [0.2, 0.25) is 0 Å². The summed E-state index contributed by atoms with van der Waals surface area (Å²) >= 11 is 0. The normalized spacial score (nSPS) is 18.5. The maximum absolute atomic E-state index is 13.4. The fraction of sp³-hybridized carbons (Fsp3) is 0.400. The molecule has 3 aliphatic heterocycles. The van der Waals surface area contributed by atoms with Crippen LogP contribution in [-0.2, 0) is 4.74 Å². The molecule has 6 rings (SSSR count). The standard InChI is InChI=1S/C30H34N4O4/c1-21-5-3-4-6-25(21)32-13-15-33(16-14-32)26-9-8-23(29(36)34-12-11-30(18-34)19-37-20-30)17-24(26)31-28(35)27-10-7-22(2)38-27/h3-10,17H,11-16,18-20H2,1-2H3,(H,31,35). The van der Waals surface area contributed by atoms with E-state index < -0.39 is 0 Å². The van der Waals surface area contributed by atoms with E-state index in [2.05, 4.69) is 46.3 Å². The predicted molar refractivity (Wildman–Crippen MR) is 147 cm³/mol. The number of carbonyl (C=O) groups excluding carboxylic acids is 2. The molecule has 3 aromatic rings. The minimum absolute atomic E-state index is 0.00552. The largest absolute Gasteiger partial charge is 0.456 e. The summed E-state index contributed by atoms with van der Waals surface area (Å²) < 4.78 is 11.0. The van der Waals surface area contributed by atoms with E-state index in [9.17, 15) is 9.59 Å². The summed E-state index contributed by atoms with van der Waals surface area (Å²) in [5.41, 5.74) is 4.77. The smallest absolute Gasteiger partial charge is 0.291 e. The van der Waals surface area contributed by atoms with Crippen LogP contribution < -0.4 is 15.1 Å². The first-order valence-electron chi connectivity index (χ1n) is 13.4. The van der Waals surface area contributed by atoms with Crippen LogP contribution in [0, 0.1) is 19.3 Å². The fourth-order valence-electron chi connectivity index (χ4n) is 5.81. The molecular formula is C30H34N4O4. The molecular weight excluding hydrogens is 480 g/mol. The summed E-state index contributed by atoms with van der Waals surface area (Å²) in [7, 11) is 0. The lowest BCUT2D eigenvalue weighted by Crippen LogP contribution is -2.47. The first kappa shape index (κ1) is 24.6. The van der Waals surface area contributed by atoms with Crippen molar-refractivity contribution in [3.8, 4) is 0 Å². The summed E-state index contributed by atoms with van der Waals surface area (Å²) in [4.78, 5) is 33.1. The van der Waals surface area contributed by atoms with E-state index in [1.807, 2.05) is 30.0 Å². The zero-order valence-corrected chi connectivity index (χ0v) is 22.0. The first-order valence-corrected chi connectivity index (χ1v) is 13.4. The third kappa shape index (κ3) is 4.65. The van der Waals surface area contributed by atoms with Crippen LogP contribution in [0.3, 0.4) is 0 Å². The van der Waals surface area contributed by atoms with Gasteiger partial charge in [0.05, 0.1) is 24.6 Å². The molecule has 0 atom stereocenters. The molecule has 2 aromatic carbocycles. The van der Waals surface area contributed by atoms with Gasteiger partial charge >= 0.3 is 0 Å². The van der Waals surface area contributed by atoms with Gasteiger partial charge in [0.25, 0.3) is 11.8 Å². The molecule has 0 unspecified atom stereocenters. The zero-order chi connectivity index (χ0) is 26.3. The van der Waals surface area contributed by atoms with Crippen LogP contribution >= 0.6 is 0 Å².